The molecule has 0 heterocycles. The van der Waals surface area contributed by atoms with E-state index < -0.39 is 0 Å². The maximum atomic E-state index is 10.1. The van der Waals surface area contributed by atoms with Gasteiger partial charge in [0.1, 0.15) is 6.29 Å². The standard InChI is InChI=1S/C9H14O/c1-4-5-6-9(2,3)7-8-10/h4-6,8H,1,7H2,2-3H3/b6-5-. The Morgan fingerprint density at radius 1 is 1.50 bits per heavy atom. The summed E-state index contributed by atoms with van der Waals surface area (Å²) in [5.41, 5.74) is -0.0179. The largest absolute Gasteiger partial charge is 0.303 e. The molecule has 0 atom stereocenters. The van der Waals surface area contributed by atoms with Gasteiger partial charge in [0.25, 0.3) is 0 Å². The van der Waals surface area contributed by atoms with E-state index in [0.717, 1.165) is 6.29 Å². The fourth-order valence-electron chi connectivity index (χ4n) is 0.611. The smallest absolute Gasteiger partial charge is 0.120 e. The summed E-state index contributed by atoms with van der Waals surface area (Å²) in [5.74, 6) is 0. The van der Waals surface area contributed by atoms with Gasteiger partial charge < -0.3 is 4.79 Å². The van der Waals surface area contributed by atoms with Gasteiger partial charge in [-0.2, -0.15) is 0 Å². The van der Waals surface area contributed by atoms with Crippen molar-refractivity contribution in [1.82, 2.24) is 0 Å². The molecule has 0 aliphatic rings. The summed E-state index contributed by atoms with van der Waals surface area (Å²) in [4.78, 5) is 10.1. The fraction of sp³-hybridized carbons (Fsp3) is 0.444. The number of rotatable bonds is 4. The van der Waals surface area contributed by atoms with Crippen LogP contribution in [0.25, 0.3) is 0 Å². The lowest BCUT2D eigenvalue weighted by atomic mass is 9.90. The maximum Gasteiger partial charge on any atom is 0.120 e. The molecule has 1 heteroatoms. The Balaban J connectivity index is 3.96. The Labute approximate surface area is 62.4 Å². The van der Waals surface area contributed by atoms with Gasteiger partial charge in [-0.25, -0.2) is 0 Å². The number of allylic oxidation sites excluding steroid dienone is 3. The SMILES string of the molecule is C=C/C=C\C(C)(C)CC=O. The van der Waals surface area contributed by atoms with Crippen LogP contribution >= 0.6 is 0 Å². The molecule has 56 valence electrons. The molecule has 0 amide bonds. The summed E-state index contributed by atoms with van der Waals surface area (Å²) in [6, 6.07) is 0. The quantitative estimate of drug-likeness (QED) is 0.430. The Hall–Kier alpha value is -0.850. The van der Waals surface area contributed by atoms with Crippen molar-refractivity contribution in [2.24, 2.45) is 5.41 Å². The molecule has 0 bridgehead atoms. The van der Waals surface area contributed by atoms with Crippen LogP contribution in [0.15, 0.2) is 24.8 Å². The van der Waals surface area contributed by atoms with Gasteiger partial charge in [-0.05, 0) is 5.41 Å². The number of aldehydes is 1. The van der Waals surface area contributed by atoms with Gasteiger partial charge in [0.15, 0.2) is 0 Å². The first-order valence-corrected chi connectivity index (χ1v) is 3.36. The maximum absolute atomic E-state index is 10.1. The van der Waals surface area contributed by atoms with Crippen LogP contribution in [-0.4, -0.2) is 6.29 Å². The van der Waals surface area contributed by atoms with E-state index in [9.17, 15) is 4.79 Å². The summed E-state index contributed by atoms with van der Waals surface area (Å²) in [7, 11) is 0. The molecule has 0 radical (unpaired) electrons. The zero-order valence-electron chi connectivity index (χ0n) is 6.63. The predicted molar refractivity (Wildman–Crippen MR) is 43.8 cm³/mol. The van der Waals surface area contributed by atoms with Crippen LogP contribution < -0.4 is 0 Å². The van der Waals surface area contributed by atoms with Crippen molar-refractivity contribution in [3.63, 3.8) is 0 Å². The highest BCUT2D eigenvalue weighted by molar-refractivity contribution is 5.51. The lowest BCUT2D eigenvalue weighted by molar-refractivity contribution is -0.109. The molecule has 0 unspecified atom stereocenters. The van der Waals surface area contributed by atoms with Gasteiger partial charge in [-0.3, -0.25) is 0 Å². The minimum atomic E-state index is -0.0179. The monoisotopic (exact) mass is 138 g/mol. The minimum Gasteiger partial charge on any atom is -0.303 e. The molecule has 0 aromatic rings. The lowest BCUT2D eigenvalue weighted by Crippen LogP contribution is -2.06. The molecule has 0 N–H and O–H groups in total. The first-order chi connectivity index (χ1) is 4.62. The first kappa shape index (κ1) is 9.15. The summed E-state index contributed by atoms with van der Waals surface area (Å²) in [6.07, 6.45) is 7.06. The number of hydrogen-bond donors (Lipinski definition) is 0. The van der Waals surface area contributed by atoms with E-state index in [1.54, 1.807) is 6.08 Å². The van der Waals surface area contributed by atoms with Crippen molar-refractivity contribution < 1.29 is 4.79 Å². The number of hydrogen-bond acceptors (Lipinski definition) is 1. The molecule has 0 fully saturated rings. The van der Waals surface area contributed by atoms with Crippen LogP contribution in [0.2, 0.25) is 0 Å². The Morgan fingerprint density at radius 2 is 2.10 bits per heavy atom. The molecular weight excluding hydrogens is 124 g/mol. The van der Waals surface area contributed by atoms with Crippen molar-refractivity contribution in [2.75, 3.05) is 0 Å². The molecule has 0 aromatic heterocycles. The van der Waals surface area contributed by atoms with E-state index >= 15 is 0 Å². The summed E-state index contributed by atoms with van der Waals surface area (Å²) in [6.45, 7) is 7.58. The van der Waals surface area contributed by atoms with Crippen LogP contribution in [0.4, 0.5) is 0 Å². The van der Waals surface area contributed by atoms with E-state index in [-0.39, 0.29) is 5.41 Å². The molecule has 0 saturated carbocycles. The third-order valence-corrected chi connectivity index (χ3v) is 1.29. The van der Waals surface area contributed by atoms with Gasteiger partial charge in [-0.1, -0.05) is 38.7 Å². The molecule has 0 aliphatic heterocycles. The van der Waals surface area contributed by atoms with Crippen molar-refractivity contribution in [2.45, 2.75) is 20.3 Å². The first-order valence-electron chi connectivity index (χ1n) is 3.36. The molecule has 0 aromatic carbocycles. The molecule has 0 spiro atoms. The highest BCUT2D eigenvalue weighted by atomic mass is 16.1. The molecule has 0 aliphatic carbocycles. The van der Waals surface area contributed by atoms with Crippen LogP contribution in [0.1, 0.15) is 20.3 Å². The Bertz CT molecular complexity index is 143. The summed E-state index contributed by atoms with van der Waals surface area (Å²) < 4.78 is 0. The number of carbonyl (C=O) groups excluding carboxylic acids is 1. The molecular formula is C9H14O. The van der Waals surface area contributed by atoms with Crippen molar-refractivity contribution in [1.29, 1.82) is 0 Å². The highest BCUT2D eigenvalue weighted by Crippen LogP contribution is 2.19. The molecule has 0 rings (SSSR count). The zero-order chi connectivity index (χ0) is 8.04. The van der Waals surface area contributed by atoms with Crippen molar-refractivity contribution in [3.8, 4) is 0 Å². The van der Waals surface area contributed by atoms with Gasteiger partial charge in [0.2, 0.25) is 0 Å². The van der Waals surface area contributed by atoms with E-state index in [1.165, 1.54) is 0 Å². The van der Waals surface area contributed by atoms with E-state index in [2.05, 4.69) is 6.58 Å². The van der Waals surface area contributed by atoms with Crippen molar-refractivity contribution in [3.05, 3.63) is 24.8 Å². The van der Waals surface area contributed by atoms with Gasteiger partial charge in [-0.15, -0.1) is 0 Å². The average Bonchev–Trinajstić information content (AvgIpc) is 1.84. The zero-order valence-corrected chi connectivity index (χ0v) is 6.63. The Morgan fingerprint density at radius 3 is 2.50 bits per heavy atom. The van der Waals surface area contributed by atoms with Crippen LogP contribution in [-0.2, 0) is 4.79 Å². The number of carbonyl (C=O) groups is 1. The normalized spacial score (nSPS) is 11.8. The van der Waals surface area contributed by atoms with Crippen LogP contribution in [0.3, 0.4) is 0 Å². The minimum absolute atomic E-state index is 0.0179. The summed E-state index contributed by atoms with van der Waals surface area (Å²) >= 11 is 0. The van der Waals surface area contributed by atoms with Gasteiger partial charge in [0.05, 0.1) is 0 Å². The van der Waals surface area contributed by atoms with Gasteiger partial charge >= 0.3 is 0 Å². The lowest BCUT2D eigenvalue weighted by Gasteiger charge is -2.14. The highest BCUT2D eigenvalue weighted by Gasteiger charge is 2.11. The third kappa shape index (κ3) is 4.07. The Kier molecular flexibility index (Phi) is 3.70. The fourth-order valence-corrected chi connectivity index (χ4v) is 0.611. The average molecular weight is 138 g/mol. The third-order valence-electron chi connectivity index (χ3n) is 1.29. The van der Waals surface area contributed by atoms with Crippen LogP contribution in [0, 0.1) is 5.41 Å². The second-order valence-corrected chi connectivity index (χ2v) is 2.95. The van der Waals surface area contributed by atoms with Crippen molar-refractivity contribution >= 4 is 6.29 Å². The van der Waals surface area contributed by atoms with E-state index in [1.807, 2.05) is 26.0 Å². The molecule has 0 saturated heterocycles. The summed E-state index contributed by atoms with van der Waals surface area (Å²) in [5, 5.41) is 0. The second kappa shape index (κ2) is 4.04. The van der Waals surface area contributed by atoms with Gasteiger partial charge in [0, 0.05) is 6.42 Å². The van der Waals surface area contributed by atoms with Crippen LogP contribution in [0.5, 0.6) is 0 Å². The predicted octanol–water partition coefficient (Wildman–Crippen LogP) is 2.34. The van der Waals surface area contributed by atoms with E-state index in [4.69, 9.17) is 0 Å². The van der Waals surface area contributed by atoms with E-state index in [0.29, 0.717) is 6.42 Å². The molecule has 1 nitrogen and oxygen atoms in total. The second-order valence-electron chi connectivity index (χ2n) is 2.95. The topological polar surface area (TPSA) is 17.1 Å². The molecule has 10 heavy (non-hydrogen) atoms.